The second-order valence-corrected chi connectivity index (χ2v) is 10.8. The average molecular weight is 411 g/mol. The van der Waals surface area contributed by atoms with Crippen LogP contribution in [0.1, 0.15) is 64.7 Å². The summed E-state index contributed by atoms with van der Waals surface area (Å²) in [6, 6.07) is 6.30. The molecule has 2 aromatic rings. The van der Waals surface area contributed by atoms with Gasteiger partial charge in [-0.15, -0.1) is 11.3 Å². The van der Waals surface area contributed by atoms with Crippen LogP contribution in [0.4, 0.5) is 5.95 Å². The quantitative estimate of drug-likeness (QED) is 0.662. The second-order valence-electron chi connectivity index (χ2n) is 9.71. The Balaban J connectivity index is 1.48. The second kappa shape index (κ2) is 7.39. The van der Waals surface area contributed by atoms with E-state index in [2.05, 4.69) is 55.2 Å². The van der Waals surface area contributed by atoms with Crippen LogP contribution in [0.15, 0.2) is 24.4 Å². The molecule has 1 aliphatic heterocycles. The van der Waals surface area contributed by atoms with Crippen LogP contribution >= 0.6 is 11.3 Å². The fraction of sp³-hybridized carbons (Fsp3) is 0.565. The van der Waals surface area contributed by atoms with E-state index in [1.54, 1.807) is 11.3 Å². The molecule has 154 valence electrons. The normalized spacial score (nSPS) is 22.2. The summed E-state index contributed by atoms with van der Waals surface area (Å²) >= 11 is 1.60. The van der Waals surface area contributed by atoms with Crippen molar-refractivity contribution in [2.75, 3.05) is 5.32 Å². The maximum atomic E-state index is 10.2. The SMILES string of the molecule is CC1(C)CC(Nc2nccc(-c3ccc(C#CC4(O)CCC4)s3)n2)CC(C)(C)N1. The molecule has 2 aliphatic rings. The van der Waals surface area contributed by atoms with Crippen molar-refractivity contribution in [1.29, 1.82) is 0 Å². The van der Waals surface area contributed by atoms with Gasteiger partial charge in [-0.3, -0.25) is 0 Å². The molecular weight excluding hydrogens is 380 g/mol. The van der Waals surface area contributed by atoms with Crippen molar-refractivity contribution in [2.45, 2.75) is 82.5 Å². The molecule has 0 radical (unpaired) electrons. The lowest BCUT2D eigenvalue weighted by Gasteiger charge is -2.46. The Kier molecular flexibility index (Phi) is 5.18. The molecule has 1 saturated carbocycles. The fourth-order valence-corrected chi connectivity index (χ4v) is 5.36. The molecule has 0 unspecified atom stereocenters. The third kappa shape index (κ3) is 4.98. The highest BCUT2D eigenvalue weighted by Gasteiger charge is 2.37. The van der Waals surface area contributed by atoms with Crippen LogP contribution in [-0.2, 0) is 0 Å². The van der Waals surface area contributed by atoms with Gasteiger partial charge < -0.3 is 15.7 Å². The van der Waals surface area contributed by atoms with E-state index in [4.69, 9.17) is 4.98 Å². The number of nitrogens with zero attached hydrogens (tertiary/aromatic N) is 2. The van der Waals surface area contributed by atoms with E-state index >= 15 is 0 Å². The predicted molar refractivity (Wildman–Crippen MR) is 119 cm³/mol. The molecule has 0 amide bonds. The summed E-state index contributed by atoms with van der Waals surface area (Å²) < 4.78 is 0. The highest BCUT2D eigenvalue weighted by Crippen LogP contribution is 2.32. The number of anilines is 1. The summed E-state index contributed by atoms with van der Waals surface area (Å²) in [5.74, 6) is 6.82. The summed E-state index contributed by atoms with van der Waals surface area (Å²) in [6.07, 6.45) is 6.47. The molecule has 0 bridgehead atoms. The van der Waals surface area contributed by atoms with Crippen molar-refractivity contribution < 1.29 is 5.11 Å². The summed E-state index contributed by atoms with van der Waals surface area (Å²) in [5, 5.41) is 17.4. The first-order valence-corrected chi connectivity index (χ1v) is 11.2. The van der Waals surface area contributed by atoms with Gasteiger partial charge in [0.05, 0.1) is 15.4 Å². The monoisotopic (exact) mass is 410 g/mol. The largest absolute Gasteiger partial charge is 0.378 e. The number of hydrogen-bond acceptors (Lipinski definition) is 6. The molecule has 5 nitrogen and oxygen atoms in total. The molecular formula is C23H30N4OS. The first-order chi connectivity index (χ1) is 13.6. The molecule has 2 fully saturated rings. The van der Waals surface area contributed by atoms with E-state index < -0.39 is 5.60 Å². The zero-order valence-electron chi connectivity index (χ0n) is 17.7. The molecule has 0 atom stereocenters. The summed E-state index contributed by atoms with van der Waals surface area (Å²) in [4.78, 5) is 11.2. The molecule has 1 aliphatic carbocycles. The maximum Gasteiger partial charge on any atom is 0.223 e. The van der Waals surface area contributed by atoms with E-state index in [9.17, 15) is 5.11 Å². The zero-order chi connectivity index (χ0) is 20.7. The molecule has 1 saturated heterocycles. The lowest BCUT2D eigenvalue weighted by atomic mass is 9.80. The van der Waals surface area contributed by atoms with Crippen LogP contribution in [0, 0.1) is 11.8 Å². The molecule has 0 spiro atoms. The molecule has 2 aromatic heterocycles. The minimum absolute atomic E-state index is 0.0723. The number of rotatable bonds is 3. The number of aromatic nitrogens is 2. The molecule has 4 rings (SSSR count). The van der Waals surface area contributed by atoms with Crippen LogP contribution in [0.3, 0.4) is 0 Å². The van der Waals surface area contributed by atoms with E-state index in [1.165, 1.54) is 0 Å². The Labute approximate surface area is 177 Å². The van der Waals surface area contributed by atoms with Gasteiger partial charge in [0.1, 0.15) is 5.60 Å². The van der Waals surface area contributed by atoms with Crippen LogP contribution < -0.4 is 10.6 Å². The van der Waals surface area contributed by atoms with Crippen LogP contribution in [-0.4, -0.2) is 37.8 Å². The Morgan fingerprint density at radius 3 is 2.52 bits per heavy atom. The standard InChI is InChI=1S/C23H30N4OS/c1-21(2)14-16(15-22(3,4)27-21)25-20-24-13-9-18(26-20)19-7-6-17(29-19)8-12-23(28)10-5-11-23/h6-7,9,13,16,27-28H,5,10-11,14-15H2,1-4H3,(H,24,25,26). The topological polar surface area (TPSA) is 70.1 Å². The Morgan fingerprint density at radius 1 is 1.14 bits per heavy atom. The molecule has 0 aromatic carbocycles. The van der Waals surface area contributed by atoms with Crippen LogP contribution in [0.25, 0.3) is 10.6 Å². The first kappa shape index (κ1) is 20.3. The molecule has 3 heterocycles. The van der Waals surface area contributed by atoms with E-state index in [0.717, 1.165) is 47.6 Å². The van der Waals surface area contributed by atoms with E-state index in [-0.39, 0.29) is 11.1 Å². The lowest BCUT2D eigenvalue weighted by Crippen LogP contribution is -2.60. The van der Waals surface area contributed by atoms with E-state index in [0.29, 0.717) is 12.0 Å². The number of thiophene rings is 1. The Morgan fingerprint density at radius 2 is 1.86 bits per heavy atom. The summed E-state index contributed by atoms with van der Waals surface area (Å²) in [6.45, 7) is 8.98. The predicted octanol–water partition coefficient (Wildman–Crippen LogP) is 4.19. The molecule has 6 heteroatoms. The number of nitrogens with one attached hydrogen (secondary N) is 2. The Hall–Kier alpha value is -1.94. The van der Waals surface area contributed by atoms with Gasteiger partial charge in [-0.1, -0.05) is 11.8 Å². The van der Waals surface area contributed by atoms with Gasteiger partial charge in [-0.2, -0.15) is 0 Å². The van der Waals surface area contributed by atoms with Crippen molar-refractivity contribution in [3.8, 4) is 22.4 Å². The minimum Gasteiger partial charge on any atom is -0.378 e. The summed E-state index contributed by atoms with van der Waals surface area (Å²) in [7, 11) is 0. The van der Waals surface area contributed by atoms with Gasteiger partial charge in [-0.05, 0) is 78.0 Å². The third-order valence-electron chi connectivity index (χ3n) is 5.64. The van der Waals surface area contributed by atoms with Gasteiger partial charge >= 0.3 is 0 Å². The zero-order valence-corrected chi connectivity index (χ0v) is 18.5. The van der Waals surface area contributed by atoms with Crippen molar-refractivity contribution in [3.05, 3.63) is 29.3 Å². The van der Waals surface area contributed by atoms with E-state index in [1.807, 2.05) is 24.4 Å². The van der Waals surface area contributed by atoms with Gasteiger partial charge in [0, 0.05) is 23.3 Å². The summed E-state index contributed by atoms with van der Waals surface area (Å²) in [5.41, 5.74) is 0.272. The lowest BCUT2D eigenvalue weighted by molar-refractivity contribution is 0.0240. The molecule has 29 heavy (non-hydrogen) atoms. The third-order valence-corrected chi connectivity index (χ3v) is 6.66. The maximum absolute atomic E-state index is 10.2. The smallest absolute Gasteiger partial charge is 0.223 e. The minimum atomic E-state index is -0.771. The first-order valence-electron chi connectivity index (χ1n) is 10.4. The van der Waals surface area contributed by atoms with Gasteiger partial charge in [0.15, 0.2) is 0 Å². The number of piperidine rings is 1. The van der Waals surface area contributed by atoms with Crippen molar-refractivity contribution >= 4 is 17.3 Å². The molecule has 3 N–H and O–H groups in total. The van der Waals surface area contributed by atoms with Crippen molar-refractivity contribution in [3.63, 3.8) is 0 Å². The van der Waals surface area contributed by atoms with Crippen LogP contribution in [0.5, 0.6) is 0 Å². The van der Waals surface area contributed by atoms with Gasteiger partial charge in [0.25, 0.3) is 0 Å². The highest BCUT2D eigenvalue weighted by atomic mass is 32.1. The van der Waals surface area contributed by atoms with Crippen molar-refractivity contribution in [2.24, 2.45) is 0 Å². The fourth-order valence-electron chi connectivity index (χ4n) is 4.53. The number of hydrogen-bond donors (Lipinski definition) is 3. The van der Waals surface area contributed by atoms with Crippen LogP contribution in [0.2, 0.25) is 0 Å². The Bertz CT molecular complexity index is 933. The highest BCUT2D eigenvalue weighted by molar-refractivity contribution is 7.16. The van der Waals surface area contributed by atoms with Gasteiger partial charge in [-0.25, -0.2) is 9.97 Å². The number of aliphatic hydroxyl groups is 1. The van der Waals surface area contributed by atoms with Gasteiger partial charge in [0.2, 0.25) is 5.95 Å². The average Bonchev–Trinajstić information content (AvgIpc) is 3.05. The van der Waals surface area contributed by atoms with Crippen molar-refractivity contribution in [1.82, 2.24) is 15.3 Å².